The largest absolute Gasteiger partial charge is 0.474 e. The van der Waals surface area contributed by atoms with Crippen LogP contribution < -0.4 is 10.1 Å². The summed E-state index contributed by atoms with van der Waals surface area (Å²) in [7, 11) is -4.08. The van der Waals surface area contributed by atoms with E-state index in [1.807, 2.05) is 27.7 Å². The van der Waals surface area contributed by atoms with Crippen molar-refractivity contribution in [1.82, 2.24) is 9.78 Å². The normalized spacial score (nSPS) is 12.8. The number of halogens is 2. The number of rotatable bonds is 9. The molecule has 0 aliphatic heterocycles. The summed E-state index contributed by atoms with van der Waals surface area (Å²) in [5, 5.41) is 6.83. The van der Waals surface area contributed by atoms with Crippen molar-refractivity contribution in [3.63, 3.8) is 0 Å². The van der Waals surface area contributed by atoms with Gasteiger partial charge in [0.1, 0.15) is 5.82 Å². The molecule has 0 saturated carbocycles. The predicted octanol–water partition coefficient (Wildman–Crippen LogP) is 5.34. The van der Waals surface area contributed by atoms with E-state index in [1.54, 1.807) is 18.2 Å². The van der Waals surface area contributed by atoms with Crippen LogP contribution in [0.4, 0.5) is 10.6 Å². The van der Waals surface area contributed by atoms with Gasteiger partial charge in [-0.3, -0.25) is 5.32 Å². The van der Waals surface area contributed by atoms with Crippen molar-refractivity contribution < 1.29 is 22.1 Å². The third kappa shape index (κ3) is 7.59. The fourth-order valence-electron chi connectivity index (χ4n) is 2.82. The molecule has 1 N–H and O–H groups in total. The van der Waals surface area contributed by atoms with E-state index in [4.69, 9.17) is 32.1 Å². The van der Waals surface area contributed by atoms with Crippen LogP contribution in [-0.2, 0) is 20.8 Å². The molecule has 1 heterocycles. The Morgan fingerprint density at radius 1 is 1.16 bits per heavy atom. The number of carbonyl (C=O) groups is 1. The van der Waals surface area contributed by atoms with Crippen molar-refractivity contribution in [1.29, 1.82) is 0 Å². The SMILES string of the molecule is CC(C)CC(C)S(=O)(=O)OC(=O)Nc1cc(OC(C)C)nn1Cc1ccc(Cl)cc1Cl. The highest BCUT2D eigenvalue weighted by atomic mass is 35.5. The molecule has 0 saturated heterocycles. The topological polar surface area (TPSA) is 99.5 Å². The van der Waals surface area contributed by atoms with Gasteiger partial charge in [-0.2, -0.15) is 8.42 Å². The molecule has 172 valence electrons. The van der Waals surface area contributed by atoms with Gasteiger partial charge in [-0.05, 0) is 50.8 Å². The minimum Gasteiger partial charge on any atom is -0.474 e. The Labute approximate surface area is 192 Å². The van der Waals surface area contributed by atoms with E-state index in [9.17, 15) is 13.2 Å². The van der Waals surface area contributed by atoms with Crippen LogP contribution in [0.1, 0.15) is 46.6 Å². The molecule has 0 aliphatic rings. The van der Waals surface area contributed by atoms with Crippen molar-refractivity contribution in [3.05, 3.63) is 39.9 Å². The quantitative estimate of drug-likeness (QED) is 0.475. The van der Waals surface area contributed by atoms with Crippen LogP contribution in [0.25, 0.3) is 0 Å². The maximum atomic E-state index is 12.3. The molecule has 1 unspecified atom stereocenters. The molecule has 1 aromatic carbocycles. The lowest BCUT2D eigenvalue weighted by atomic mass is 10.1. The molecule has 1 amide bonds. The van der Waals surface area contributed by atoms with Crippen molar-refractivity contribution in [3.8, 4) is 5.88 Å². The van der Waals surface area contributed by atoms with Gasteiger partial charge in [0.25, 0.3) is 0 Å². The Bertz CT molecular complexity index is 1020. The predicted molar refractivity (Wildman–Crippen MR) is 121 cm³/mol. The minimum atomic E-state index is -4.08. The summed E-state index contributed by atoms with van der Waals surface area (Å²) in [6.45, 7) is 9.14. The van der Waals surface area contributed by atoms with Gasteiger partial charge >= 0.3 is 16.2 Å². The van der Waals surface area contributed by atoms with Crippen LogP contribution in [0, 0.1) is 5.92 Å². The van der Waals surface area contributed by atoms with Gasteiger partial charge in [-0.1, -0.05) is 43.1 Å². The molecule has 0 bridgehead atoms. The summed E-state index contributed by atoms with van der Waals surface area (Å²) >= 11 is 12.2. The highest BCUT2D eigenvalue weighted by Crippen LogP contribution is 2.25. The summed E-state index contributed by atoms with van der Waals surface area (Å²) in [6.07, 6.45) is -0.913. The minimum absolute atomic E-state index is 0.137. The Morgan fingerprint density at radius 3 is 2.42 bits per heavy atom. The summed E-state index contributed by atoms with van der Waals surface area (Å²) in [5.41, 5.74) is 0.694. The maximum Gasteiger partial charge on any atom is 0.428 e. The van der Waals surface area contributed by atoms with E-state index in [-0.39, 0.29) is 30.3 Å². The van der Waals surface area contributed by atoms with E-state index in [1.165, 1.54) is 17.7 Å². The number of anilines is 1. The van der Waals surface area contributed by atoms with Gasteiger partial charge in [-0.25, -0.2) is 9.48 Å². The fourth-order valence-corrected chi connectivity index (χ4v) is 4.33. The van der Waals surface area contributed by atoms with Crippen molar-refractivity contribution >= 4 is 45.2 Å². The number of hydrogen-bond donors (Lipinski definition) is 1. The molecule has 1 atom stereocenters. The number of carbonyl (C=O) groups excluding carboxylic acids is 1. The van der Waals surface area contributed by atoms with Gasteiger partial charge in [0.2, 0.25) is 5.88 Å². The summed E-state index contributed by atoms with van der Waals surface area (Å²) in [4.78, 5) is 12.3. The number of nitrogens with zero attached hydrogens (tertiary/aromatic N) is 2. The number of benzene rings is 1. The van der Waals surface area contributed by atoms with Crippen LogP contribution in [0.15, 0.2) is 24.3 Å². The first-order chi connectivity index (χ1) is 14.4. The van der Waals surface area contributed by atoms with Crippen LogP contribution in [0.3, 0.4) is 0 Å². The van der Waals surface area contributed by atoms with Gasteiger partial charge in [-0.15, -0.1) is 5.10 Å². The lowest BCUT2D eigenvalue weighted by Gasteiger charge is -2.15. The summed E-state index contributed by atoms with van der Waals surface area (Å²) < 4.78 is 36.4. The molecule has 2 rings (SSSR count). The second-order valence-corrected chi connectivity index (χ2v) is 10.7. The Morgan fingerprint density at radius 2 is 1.84 bits per heavy atom. The second-order valence-electron chi connectivity index (χ2n) is 7.86. The number of ether oxygens (including phenoxy) is 1. The lowest BCUT2D eigenvalue weighted by Crippen LogP contribution is -2.28. The van der Waals surface area contributed by atoms with Crippen molar-refractivity contribution in [2.24, 2.45) is 5.92 Å². The Hall–Kier alpha value is -1.97. The van der Waals surface area contributed by atoms with Crippen molar-refractivity contribution in [2.45, 2.75) is 58.9 Å². The van der Waals surface area contributed by atoms with E-state index < -0.39 is 21.5 Å². The zero-order valence-electron chi connectivity index (χ0n) is 18.1. The molecule has 31 heavy (non-hydrogen) atoms. The average Bonchev–Trinajstić information content (AvgIpc) is 2.96. The van der Waals surface area contributed by atoms with Gasteiger partial charge in [0.05, 0.1) is 17.9 Å². The molecular formula is C20H27Cl2N3O5S. The number of amides is 1. The molecule has 1 aromatic heterocycles. The average molecular weight is 492 g/mol. The van der Waals surface area contributed by atoms with E-state index >= 15 is 0 Å². The molecule has 2 aromatic rings. The third-order valence-electron chi connectivity index (χ3n) is 4.17. The van der Waals surface area contributed by atoms with Crippen molar-refractivity contribution in [2.75, 3.05) is 5.32 Å². The van der Waals surface area contributed by atoms with Crippen LogP contribution in [0.5, 0.6) is 5.88 Å². The first kappa shape index (κ1) is 25.3. The number of hydrogen-bond acceptors (Lipinski definition) is 6. The van der Waals surface area contributed by atoms with E-state index in [0.29, 0.717) is 22.0 Å². The van der Waals surface area contributed by atoms with Gasteiger partial charge in [0.15, 0.2) is 0 Å². The Kier molecular flexibility index (Phi) is 8.62. The smallest absolute Gasteiger partial charge is 0.428 e. The highest BCUT2D eigenvalue weighted by molar-refractivity contribution is 7.87. The zero-order chi connectivity index (χ0) is 23.3. The first-order valence-electron chi connectivity index (χ1n) is 9.80. The third-order valence-corrected chi connectivity index (χ3v) is 6.32. The zero-order valence-corrected chi connectivity index (χ0v) is 20.4. The first-order valence-corrected chi connectivity index (χ1v) is 12.0. The second kappa shape index (κ2) is 10.6. The van der Waals surface area contributed by atoms with Crippen LogP contribution >= 0.6 is 23.2 Å². The van der Waals surface area contributed by atoms with Gasteiger partial charge < -0.3 is 8.92 Å². The molecule has 0 fully saturated rings. The number of aromatic nitrogens is 2. The summed E-state index contributed by atoms with van der Waals surface area (Å²) in [6, 6.07) is 6.49. The molecule has 8 nitrogen and oxygen atoms in total. The standard InChI is InChI=1S/C20H27Cl2N3O5S/c1-12(2)8-14(5)31(27,28)30-20(26)23-18-10-19(29-13(3)4)24-25(18)11-15-6-7-16(21)9-17(15)22/h6-7,9-10,12-14H,8,11H2,1-5H3,(H,23,26). The molecule has 0 aliphatic carbocycles. The molecular weight excluding hydrogens is 465 g/mol. The number of nitrogens with one attached hydrogen (secondary N) is 1. The molecule has 0 spiro atoms. The maximum absolute atomic E-state index is 12.3. The fraction of sp³-hybridized carbons (Fsp3) is 0.500. The molecule has 0 radical (unpaired) electrons. The summed E-state index contributed by atoms with van der Waals surface area (Å²) in [5.74, 6) is 0.586. The highest BCUT2D eigenvalue weighted by Gasteiger charge is 2.27. The van der Waals surface area contributed by atoms with E-state index in [2.05, 4.69) is 10.4 Å². The van der Waals surface area contributed by atoms with E-state index in [0.717, 1.165) is 0 Å². The van der Waals surface area contributed by atoms with Crippen LogP contribution in [-0.4, -0.2) is 35.6 Å². The lowest BCUT2D eigenvalue weighted by molar-refractivity contribution is 0.215. The Balaban J connectivity index is 2.23. The van der Waals surface area contributed by atoms with Gasteiger partial charge in [0, 0.05) is 16.1 Å². The monoisotopic (exact) mass is 491 g/mol. The molecule has 11 heteroatoms. The van der Waals surface area contributed by atoms with Crippen LogP contribution in [0.2, 0.25) is 10.0 Å².